The Bertz CT molecular complexity index is 284. The van der Waals surface area contributed by atoms with Crippen LogP contribution in [0.5, 0.6) is 0 Å². The minimum absolute atomic E-state index is 0. The van der Waals surface area contributed by atoms with Crippen LogP contribution in [0.3, 0.4) is 0 Å². The van der Waals surface area contributed by atoms with Crippen LogP contribution in [0.15, 0.2) is 0 Å². The minimum atomic E-state index is -0.307. The number of carbonyl (C=O) groups is 2. The van der Waals surface area contributed by atoms with E-state index < -0.39 is 0 Å². The Morgan fingerprint density at radius 3 is 2.67 bits per heavy atom. The maximum Gasteiger partial charge on any atom is 0.242 e. The fourth-order valence-electron chi connectivity index (χ4n) is 2.09. The normalized spacial score (nSPS) is 18.2. The van der Waals surface area contributed by atoms with Gasteiger partial charge in [0.25, 0.3) is 0 Å². The summed E-state index contributed by atoms with van der Waals surface area (Å²) in [6, 6.07) is -0.220. The van der Waals surface area contributed by atoms with E-state index in [1.54, 1.807) is 4.90 Å². The third-order valence-electron chi connectivity index (χ3n) is 3.07. The first kappa shape index (κ1) is 17.2. The highest BCUT2D eigenvalue weighted by Crippen LogP contribution is 2.15. The number of amides is 2. The molecule has 3 N–H and O–H groups in total. The molecule has 5 nitrogen and oxygen atoms in total. The van der Waals surface area contributed by atoms with Crippen molar-refractivity contribution in [2.45, 2.75) is 51.6 Å². The molecule has 1 rings (SSSR count). The molecule has 0 spiro atoms. The molecule has 0 bridgehead atoms. The van der Waals surface area contributed by atoms with E-state index in [9.17, 15) is 9.59 Å². The number of rotatable bonds is 6. The van der Waals surface area contributed by atoms with Crippen molar-refractivity contribution < 1.29 is 9.59 Å². The molecule has 0 aliphatic carbocycles. The van der Waals surface area contributed by atoms with Gasteiger partial charge in [-0.1, -0.05) is 6.92 Å². The Labute approximate surface area is 115 Å². The lowest BCUT2D eigenvalue weighted by atomic mass is 10.1. The van der Waals surface area contributed by atoms with Gasteiger partial charge in [0.2, 0.25) is 11.8 Å². The van der Waals surface area contributed by atoms with E-state index in [0.29, 0.717) is 25.9 Å². The molecule has 2 amide bonds. The highest BCUT2D eigenvalue weighted by molar-refractivity contribution is 5.88. The Balaban J connectivity index is 0.00000289. The van der Waals surface area contributed by atoms with Gasteiger partial charge in [-0.25, -0.2) is 0 Å². The summed E-state index contributed by atoms with van der Waals surface area (Å²) in [5, 5.41) is 2.85. The van der Waals surface area contributed by atoms with Crippen molar-refractivity contribution in [1.29, 1.82) is 0 Å². The zero-order valence-corrected chi connectivity index (χ0v) is 12.0. The van der Waals surface area contributed by atoms with Gasteiger partial charge in [0, 0.05) is 25.6 Å². The molecule has 1 fully saturated rings. The van der Waals surface area contributed by atoms with Crippen molar-refractivity contribution in [2.24, 2.45) is 5.73 Å². The maximum absolute atomic E-state index is 11.9. The van der Waals surface area contributed by atoms with E-state index in [1.807, 2.05) is 13.8 Å². The summed E-state index contributed by atoms with van der Waals surface area (Å²) >= 11 is 0. The average Bonchev–Trinajstić information content (AvgIpc) is 2.66. The molecule has 1 aliphatic heterocycles. The van der Waals surface area contributed by atoms with Gasteiger partial charge in [0.05, 0.1) is 0 Å². The van der Waals surface area contributed by atoms with Crippen LogP contribution in [0.2, 0.25) is 0 Å². The zero-order chi connectivity index (χ0) is 12.8. The van der Waals surface area contributed by atoms with Crippen LogP contribution in [0, 0.1) is 0 Å². The lowest BCUT2D eigenvalue weighted by Gasteiger charge is -2.25. The Morgan fingerprint density at radius 2 is 2.22 bits per heavy atom. The standard InChI is InChI=1S/C12H23N3O2.ClH/c1-3-10(15-8-4-5-11(15)16)12(17)14-7-6-9(2)13;/h9-10H,3-8,13H2,1-2H3,(H,14,17);1H. The second-order valence-corrected chi connectivity index (χ2v) is 4.67. The molecule has 1 heterocycles. The van der Waals surface area contributed by atoms with Gasteiger partial charge >= 0.3 is 0 Å². The summed E-state index contributed by atoms with van der Waals surface area (Å²) in [7, 11) is 0. The summed E-state index contributed by atoms with van der Waals surface area (Å²) < 4.78 is 0. The SMILES string of the molecule is CCC(C(=O)NCCC(C)N)N1CCCC1=O.Cl. The van der Waals surface area contributed by atoms with Crippen LogP contribution in [0.4, 0.5) is 0 Å². The first-order valence-electron chi connectivity index (χ1n) is 6.39. The predicted molar refractivity (Wildman–Crippen MR) is 73.6 cm³/mol. The van der Waals surface area contributed by atoms with Crippen molar-refractivity contribution in [2.75, 3.05) is 13.1 Å². The summed E-state index contributed by atoms with van der Waals surface area (Å²) in [5.74, 6) is 0.0441. The Hall–Kier alpha value is -0.810. The molecule has 0 saturated carbocycles. The van der Waals surface area contributed by atoms with Crippen molar-refractivity contribution >= 4 is 24.2 Å². The molecular weight excluding hydrogens is 254 g/mol. The number of nitrogens with two attached hydrogens (primary N) is 1. The molecule has 0 aromatic rings. The van der Waals surface area contributed by atoms with Crippen molar-refractivity contribution in [1.82, 2.24) is 10.2 Å². The molecule has 106 valence electrons. The van der Waals surface area contributed by atoms with Crippen LogP contribution in [0.1, 0.15) is 39.5 Å². The van der Waals surface area contributed by atoms with Gasteiger partial charge < -0.3 is 16.0 Å². The summed E-state index contributed by atoms with van der Waals surface area (Å²) in [4.78, 5) is 25.2. The third-order valence-corrected chi connectivity index (χ3v) is 3.07. The van der Waals surface area contributed by atoms with E-state index >= 15 is 0 Å². The predicted octanol–water partition coefficient (Wildman–Crippen LogP) is 0.663. The van der Waals surface area contributed by atoms with Crippen LogP contribution in [-0.2, 0) is 9.59 Å². The number of likely N-dealkylation sites (tertiary alicyclic amines) is 1. The first-order chi connectivity index (χ1) is 8.06. The van der Waals surface area contributed by atoms with E-state index in [0.717, 1.165) is 12.8 Å². The van der Waals surface area contributed by atoms with E-state index in [2.05, 4.69) is 5.32 Å². The molecule has 1 aliphatic rings. The number of nitrogens with one attached hydrogen (secondary N) is 1. The quantitative estimate of drug-likeness (QED) is 0.749. The summed E-state index contributed by atoms with van der Waals surface area (Å²) in [6.45, 7) is 5.13. The monoisotopic (exact) mass is 277 g/mol. The third kappa shape index (κ3) is 4.82. The van der Waals surface area contributed by atoms with Crippen LogP contribution < -0.4 is 11.1 Å². The number of hydrogen-bond acceptors (Lipinski definition) is 3. The van der Waals surface area contributed by atoms with Crippen molar-refractivity contribution in [3.8, 4) is 0 Å². The number of nitrogens with zero attached hydrogens (tertiary/aromatic N) is 1. The molecule has 1 saturated heterocycles. The first-order valence-corrected chi connectivity index (χ1v) is 6.39. The van der Waals surface area contributed by atoms with Gasteiger partial charge in [0.1, 0.15) is 6.04 Å². The molecule has 2 unspecified atom stereocenters. The van der Waals surface area contributed by atoms with Gasteiger partial charge in [-0.05, 0) is 26.2 Å². The Morgan fingerprint density at radius 1 is 1.56 bits per heavy atom. The lowest BCUT2D eigenvalue weighted by molar-refractivity contribution is -0.137. The van der Waals surface area contributed by atoms with Crippen LogP contribution in [-0.4, -0.2) is 41.9 Å². The number of halogens is 1. The molecular formula is C12H24ClN3O2. The fraction of sp³-hybridized carbons (Fsp3) is 0.833. The largest absolute Gasteiger partial charge is 0.354 e. The van der Waals surface area contributed by atoms with Crippen LogP contribution >= 0.6 is 12.4 Å². The van der Waals surface area contributed by atoms with E-state index in [1.165, 1.54) is 0 Å². The van der Waals surface area contributed by atoms with E-state index in [-0.39, 0.29) is 36.3 Å². The summed E-state index contributed by atoms with van der Waals surface area (Å²) in [6.07, 6.45) is 2.86. The molecule has 18 heavy (non-hydrogen) atoms. The maximum atomic E-state index is 11.9. The molecule has 0 radical (unpaired) electrons. The Kier molecular flexibility index (Phi) is 7.95. The van der Waals surface area contributed by atoms with Crippen LogP contribution in [0.25, 0.3) is 0 Å². The summed E-state index contributed by atoms with van der Waals surface area (Å²) in [5.41, 5.74) is 5.62. The molecule has 0 aromatic heterocycles. The van der Waals surface area contributed by atoms with Gasteiger partial charge in [-0.15, -0.1) is 12.4 Å². The molecule has 6 heteroatoms. The second kappa shape index (κ2) is 8.32. The zero-order valence-electron chi connectivity index (χ0n) is 11.1. The van der Waals surface area contributed by atoms with Crippen molar-refractivity contribution in [3.05, 3.63) is 0 Å². The van der Waals surface area contributed by atoms with Gasteiger partial charge in [0.15, 0.2) is 0 Å². The number of hydrogen-bond donors (Lipinski definition) is 2. The number of carbonyl (C=O) groups excluding carboxylic acids is 2. The fourth-order valence-corrected chi connectivity index (χ4v) is 2.09. The molecule has 2 atom stereocenters. The van der Waals surface area contributed by atoms with Crippen molar-refractivity contribution in [3.63, 3.8) is 0 Å². The second-order valence-electron chi connectivity index (χ2n) is 4.67. The minimum Gasteiger partial charge on any atom is -0.354 e. The van der Waals surface area contributed by atoms with Gasteiger partial charge in [-0.2, -0.15) is 0 Å². The lowest BCUT2D eigenvalue weighted by Crippen LogP contribution is -2.47. The van der Waals surface area contributed by atoms with Gasteiger partial charge in [-0.3, -0.25) is 9.59 Å². The average molecular weight is 278 g/mol. The highest BCUT2D eigenvalue weighted by atomic mass is 35.5. The topological polar surface area (TPSA) is 75.4 Å². The van der Waals surface area contributed by atoms with E-state index in [4.69, 9.17) is 5.73 Å². The highest BCUT2D eigenvalue weighted by Gasteiger charge is 2.31. The smallest absolute Gasteiger partial charge is 0.242 e. The molecule has 0 aromatic carbocycles.